The van der Waals surface area contributed by atoms with Crippen molar-refractivity contribution in [3.8, 4) is 0 Å². The van der Waals surface area contributed by atoms with Crippen molar-refractivity contribution >= 4 is 11.9 Å². The number of nitrogens with two attached hydrogens (primary N) is 1. The highest BCUT2D eigenvalue weighted by atomic mass is 16.4. The van der Waals surface area contributed by atoms with Crippen LogP contribution in [0.4, 0.5) is 0 Å². The first kappa shape index (κ1) is 9.03. The van der Waals surface area contributed by atoms with Crippen molar-refractivity contribution in [2.45, 2.75) is 26.2 Å². The lowest BCUT2D eigenvalue weighted by atomic mass is 9.78. The van der Waals surface area contributed by atoms with Crippen molar-refractivity contribution in [2.24, 2.45) is 17.1 Å². The maximum absolute atomic E-state index is 11.0. The average Bonchev–Trinajstić information content (AvgIpc) is 2.31. The number of carbonyl (C=O) groups is 2. The summed E-state index contributed by atoms with van der Waals surface area (Å²) in [7, 11) is 0. The molecule has 0 heterocycles. The van der Waals surface area contributed by atoms with Crippen LogP contribution in [-0.4, -0.2) is 17.0 Å². The molecule has 1 amide bonds. The molecule has 4 nitrogen and oxygen atoms in total. The molecule has 68 valence electrons. The van der Waals surface area contributed by atoms with Gasteiger partial charge in [0.15, 0.2) is 0 Å². The van der Waals surface area contributed by atoms with Gasteiger partial charge in [-0.3, -0.25) is 9.59 Å². The lowest BCUT2D eigenvalue weighted by molar-refractivity contribution is -0.156. The first-order chi connectivity index (χ1) is 5.51. The number of carbonyl (C=O) groups excluding carboxylic acids is 1. The van der Waals surface area contributed by atoms with Gasteiger partial charge in [-0.25, -0.2) is 0 Å². The average molecular weight is 171 g/mol. The molecule has 3 N–H and O–H groups in total. The summed E-state index contributed by atoms with van der Waals surface area (Å²) >= 11 is 0. The summed E-state index contributed by atoms with van der Waals surface area (Å²) in [6.45, 7) is 1.77. The molecule has 0 bridgehead atoms. The Kier molecular flexibility index (Phi) is 2.08. The molecule has 1 saturated carbocycles. The van der Waals surface area contributed by atoms with Crippen molar-refractivity contribution in [1.82, 2.24) is 0 Å². The van der Waals surface area contributed by atoms with Gasteiger partial charge < -0.3 is 10.8 Å². The second-order valence-electron chi connectivity index (χ2n) is 3.43. The summed E-state index contributed by atoms with van der Waals surface area (Å²) in [5.74, 6) is -1.90. The molecule has 0 radical (unpaired) electrons. The fourth-order valence-corrected chi connectivity index (χ4v) is 1.97. The van der Waals surface area contributed by atoms with Gasteiger partial charge in [-0.05, 0) is 18.8 Å². The molecule has 4 heteroatoms. The molecule has 0 aromatic heterocycles. The zero-order chi connectivity index (χ0) is 9.35. The number of aliphatic carboxylic acids is 1. The SMILES string of the molecule is CC1CCCC1(C(N)=O)C(=O)O. The zero-order valence-corrected chi connectivity index (χ0v) is 7.04. The van der Waals surface area contributed by atoms with Crippen LogP contribution in [-0.2, 0) is 9.59 Å². The van der Waals surface area contributed by atoms with Gasteiger partial charge in [0.2, 0.25) is 5.91 Å². The van der Waals surface area contributed by atoms with E-state index in [1.165, 1.54) is 0 Å². The van der Waals surface area contributed by atoms with Crippen molar-refractivity contribution in [3.63, 3.8) is 0 Å². The number of hydrogen-bond acceptors (Lipinski definition) is 2. The molecular formula is C8H13NO3. The van der Waals surface area contributed by atoms with Gasteiger partial charge in [0.05, 0.1) is 0 Å². The number of carboxylic acid groups (broad SMARTS) is 1. The van der Waals surface area contributed by atoms with Gasteiger partial charge in [-0.2, -0.15) is 0 Å². The lowest BCUT2D eigenvalue weighted by Gasteiger charge is -2.24. The van der Waals surface area contributed by atoms with Crippen LogP contribution in [0.1, 0.15) is 26.2 Å². The molecule has 1 rings (SSSR count). The van der Waals surface area contributed by atoms with E-state index < -0.39 is 17.3 Å². The van der Waals surface area contributed by atoms with E-state index in [2.05, 4.69) is 0 Å². The fraction of sp³-hybridized carbons (Fsp3) is 0.750. The molecule has 0 spiro atoms. The summed E-state index contributed by atoms with van der Waals surface area (Å²) in [5, 5.41) is 8.90. The van der Waals surface area contributed by atoms with E-state index in [-0.39, 0.29) is 5.92 Å². The molecule has 2 atom stereocenters. The Bertz CT molecular complexity index is 210. The van der Waals surface area contributed by atoms with E-state index >= 15 is 0 Å². The molecular weight excluding hydrogens is 158 g/mol. The van der Waals surface area contributed by atoms with Crippen molar-refractivity contribution < 1.29 is 14.7 Å². The Morgan fingerprint density at radius 3 is 2.33 bits per heavy atom. The second-order valence-corrected chi connectivity index (χ2v) is 3.43. The molecule has 1 aliphatic carbocycles. The van der Waals surface area contributed by atoms with Crippen LogP contribution in [0.25, 0.3) is 0 Å². The van der Waals surface area contributed by atoms with Crippen LogP contribution in [0, 0.1) is 11.3 Å². The smallest absolute Gasteiger partial charge is 0.319 e. The Balaban J connectivity index is 3.01. The number of amides is 1. The Labute approximate surface area is 70.7 Å². The summed E-state index contributed by atoms with van der Waals surface area (Å²) in [5.41, 5.74) is 3.81. The zero-order valence-electron chi connectivity index (χ0n) is 7.04. The van der Waals surface area contributed by atoms with Crippen LogP contribution in [0.2, 0.25) is 0 Å². The van der Waals surface area contributed by atoms with Crippen LogP contribution in [0.5, 0.6) is 0 Å². The van der Waals surface area contributed by atoms with Crippen molar-refractivity contribution in [3.05, 3.63) is 0 Å². The molecule has 2 unspecified atom stereocenters. The largest absolute Gasteiger partial charge is 0.480 e. The Morgan fingerprint density at radius 1 is 1.58 bits per heavy atom. The lowest BCUT2D eigenvalue weighted by Crippen LogP contribution is -2.45. The number of hydrogen-bond donors (Lipinski definition) is 2. The maximum Gasteiger partial charge on any atom is 0.319 e. The monoisotopic (exact) mass is 171 g/mol. The minimum atomic E-state index is -1.29. The third kappa shape index (κ3) is 0.983. The van der Waals surface area contributed by atoms with Gasteiger partial charge in [0, 0.05) is 0 Å². The predicted octanol–water partition coefficient (Wildman–Crippen LogP) is 0.363. The van der Waals surface area contributed by atoms with Crippen LogP contribution >= 0.6 is 0 Å². The van der Waals surface area contributed by atoms with Gasteiger partial charge in [0.1, 0.15) is 5.41 Å². The van der Waals surface area contributed by atoms with Crippen LogP contribution in [0.3, 0.4) is 0 Å². The summed E-state index contributed by atoms with van der Waals surface area (Å²) in [4.78, 5) is 21.9. The Hall–Kier alpha value is -1.06. The topological polar surface area (TPSA) is 80.4 Å². The predicted molar refractivity (Wildman–Crippen MR) is 42.3 cm³/mol. The van der Waals surface area contributed by atoms with Crippen molar-refractivity contribution in [2.75, 3.05) is 0 Å². The highest BCUT2D eigenvalue weighted by Crippen LogP contribution is 2.43. The summed E-state index contributed by atoms with van der Waals surface area (Å²) < 4.78 is 0. The molecule has 0 aromatic rings. The van der Waals surface area contributed by atoms with E-state index in [0.717, 1.165) is 12.8 Å². The summed E-state index contributed by atoms with van der Waals surface area (Å²) in [6, 6.07) is 0. The number of primary amides is 1. The van der Waals surface area contributed by atoms with Crippen molar-refractivity contribution in [1.29, 1.82) is 0 Å². The molecule has 12 heavy (non-hydrogen) atoms. The minimum absolute atomic E-state index is 0.132. The summed E-state index contributed by atoms with van der Waals surface area (Å²) in [6.07, 6.45) is 1.94. The molecule has 0 saturated heterocycles. The fourth-order valence-electron chi connectivity index (χ4n) is 1.97. The first-order valence-corrected chi connectivity index (χ1v) is 4.05. The standard InChI is InChI=1S/C8H13NO3/c1-5-3-2-4-8(5,6(9)10)7(11)12/h5H,2-4H2,1H3,(H2,9,10)(H,11,12). The number of rotatable bonds is 2. The highest BCUT2D eigenvalue weighted by molar-refractivity contribution is 6.01. The Morgan fingerprint density at radius 2 is 2.17 bits per heavy atom. The second kappa shape index (κ2) is 2.77. The number of carboxylic acids is 1. The molecule has 1 fully saturated rings. The van der Waals surface area contributed by atoms with E-state index in [9.17, 15) is 9.59 Å². The van der Waals surface area contributed by atoms with Crippen LogP contribution in [0.15, 0.2) is 0 Å². The molecule has 0 aliphatic heterocycles. The maximum atomic E-state index is 11.0. The van der Waals surface area contributed by atoms with E-state index in [1.54, 1.807) is 6.92 Å². The third-order valence-electron chi connectivity index (χ3n) is 2.87. The minimum Gasteiger partial charge on any atom is -0.480 e. The first-order valence-electron chi connectivity index (χ1n) is 4.05. The van der Waals surface area contributed by atoms with E-state index in [0.29, 0.717) is 6.42 Å². The molecule has 1 aliphatic rings. The molecule has 0 aromatic carbocycles. The van der Waals surface area contributed by atoms with Gasteiger partial charge in [-0.15, -0.1) is 0 Å². The van der Waals surface area contributed by atoms with Gasteiger partial charge >= 0.3 is 5.97 Å². The normalized spacial score (nSPS) is 34.9. The van der Waals surface area contributed by atoms with E-state index in [1.807, 2.05) is 0 Å². The quantitative estimate of drug-likeness (QED) is 0.589. The third-order valence-corrected chi connectivity index (χ3v) is 2.87. The highest BCUT2D eigenvalue weighted by Gasteiger charge is 2.51. The van der Waals surface area contributed by atoms with E-state index in [4.69, 9.17) is 10.8 Å². The van der Waals surface area contributed by atoms with Gasteiger partial charge in [-0.1, -0.05) is 13.3 Å². The van der Waals surface area contributed by atoms with Gasteiger partial charge in [0.25, 0.3) is 0 Å². The van der Waals surface area contributed by atoms with Crippen LogP contribution < -0.4 is 5.73 Å².